The van der Waals surface area contributed by atoms with E-state index < -0.39 is 10.0 Å². The van der Waals surface area contributed by atoms with Crippen molar-refractivity contribution in [1.82, 2.24) is 24.6 Å². The van der Waals surface area contributed by atoms with Crippen molar-refractivity contribution < 1.29 is 13.2 Å². The summed E-state index contributed by atoms with van der Waals surface area (Å²) >= 11 is 0. The normalized spacial score (nSPS) is 15.9. The second-order valence-electron chi connectivity index (χ2n) is 9.66. The molecule has 0 aliphatic carbocycles. The van der Waals surface area contributed by atoms with Crippen molar-refractivity contribution >= 4 is 21.7 Å². The van der Waals surface area contributed by atoms with Gasteiger partial charge in [-0.25, -0.2) is 18.1 Å². The summed E-state index contributed by atoms with van der Waals surface area (Å²) in [5, 5.41) is 7.50. The van der Waals surface area contributed by atoms with E-state index >= 15 is 0 Å². The highest BCUT2D eigenvalue weighted by Gasteiger charge is 2.21. The van der Waals surface area contributed by atoms with Gasteiger partial charge >= 0.3 is 0 Å². The molecule has 4 aromatic rings. The summed E-state index contributed by atoms with van der Waals surface area (Å²) in [5.41, 5.74) is 4.47. The third kappa shape index (κ3) is 5.79. The van der Waals surface area contributed by atoms with Crippen LogP contribution >= 0.6 is 0 Å². The third-order valence-corrected chi connectivity index (χ3v) is 7.78. The number of ether oxygens (including phenoxy) is 1. The number of nitrogens with one attached hydrogen (secondary N) is 2. The second-order valence-corrected chi connectivity index (χ2v) is 11.3. The number of anilines is 2. The fourth-order valence-corrected chi connectivity index (χ4v) is 5.54. The predicted octanol–water partition coefficient (Wildman–Crippen LogP) is 4.20. The summed E-state index contributed by atoms with van der Waals surface area (Å²) in [7, 11) is -0.176. The Balaban J connectivity index is 1.45. The van der Waals surface area contributed by atoms with Crippen LogP contribution in [0.2, 0.25) is 0 Å². The number of hydrogen-bond donors (Lipinski definition) is 2. The van der Waals surface area contributed by atoms with E-state index in [1.54, 1.807) is 13.1 Å². The highest BCUT2D eigenvalue weighted by molar-refractivity contribution is 7.92. The number of aryl methyl sites for hydroxylation is 3. The first kappa shape index (κ1) is 25.7. The molecule has 0 radical (unpaired) electrons. The molecule has 0 saturated carbocycles. The second kappa shape index (κ2) is 10.4. The number of aromatic nitrogens is 4. The molecule has 10 nitrogen and oxygen atoms in total. The minimum Gasteiger partial charge on any atom is -0.439 e. The van der Waals surface area contributed by atoms with Crippen LogP contribution in [0.3, 0.4) is 0 Å². The van der Waals surface area contributed by atoms with Crippen molar-refractivity contribution in [3.63, 3.8) is 0 Å². The molecule has 0 bridgehead atoms. The predicted molar refractivity (Wildman–Crippen MR) is 147 cm³/mol. The van der Waals surface area contributed by atoms with Gasteiger partial charge in [-0.1, -0.05) is 18.2 Å². The topological polar surface area (TPSA) is 114 Å². The zero-order chi connectivity index (χ0) is 26.9. The minimum absolute atomic E-state index is 0.0140. The van der Waals surface area contributed by atoms with Crippen LogP contribution in [-0.4, -0.2) is 59.2 Å². The van der Waals surface area contributed by atoms with Gasteiger partial charge in [-0.15, -0.1) is 0 Å². The molecule has 1 unspecified atom stereocenters. The minimum atomic E-state index is -3.95. The Hall–Kier alpha value is -3.96. The van der Waals surface area contributed by atoms with Gasteiger partial charge < -0.3 is 15.0 Å². The van der Waals surface area contributed by atoms with Crippen molar-refractivity contribution in [3.8, 4) is 22.9 Å². The van der Waals surface area contributed by atoms with Crippen molar-refractivity contribution in [2.75, 3.05) is 30.2 Å². The summed E-state index contributed by atoms with van der Waals surface area (Å²) in [4.78, 5) is 11.2. The number of rotatable bonds is 8. The van der Waals surface area contributed by atoms with E-state index in [1.165, 1.54) is 17.1 Å². The van der Waals surface area contributed by atoms with Gasteiger partial charge in [0.15, 0.2) is 0 Å². The van der Waals surface area contributed by atoms with Crippen molar-refractivity contribution in [1.29, 1.82) is 0 Å². The maximum Gasteiger partial charge on any atom is 0.267 e. The van der Waals surface area contributed by atoms with Crippen LogP contribution in [-0.2, 0) is 17.1 Å². The molecule has 1 aliphatic rings. The molecule has 1 atom stereocenters. The van der Waals surface area contributed by atoms with Crippen LogP contribution in [0.15, 0.2) is 65.8 Å². The molecule has 1 saturated heterocycles. The lowest BCUT2D eigenvalue weighted by Gasteiger charge is -2.15. The fraction of sp³-hybridized carbons (Fsp3) is 0.296. The van der Waals surface area contributed by atoms with Gasteiger partial charge in [-0.05, 0) is 69.3 Å². The number of sulfonamides is 1. The van der Waals surface area contributed by atoms with E-state index in [2.05, 4.69) is 37.1 Å². The van der Waals surface area contributed by atoms with Crippen molar-refractivity contribution in [3.05, 3.63) is 72.1 Å². The van der Waals surface area contributed by atoms with Crippen molar-refractivity contribution in [2.45, 2.75) is 31.2 Å². The molecular weight excluding hydrogens is 502 g/mol. The van der Waals surface area contributed by atoms with Crippen LogP contribution < -0.4 is 14.8 Å². The van der Waals surface area contributed by atoms with Gasteiger partial charge in [-0.2, -0.15) is 10.1 Å². The Morgan fingerprint density at radius 1 is 1.03 bits per heavy atom. The van der Waals surface area contributed by atoms with Crippen LogP contribution in [0, 0.1) is 13.8 Å². The van der Waals surface area contributed by atoms with Crippen molar-refractivity contribution in [2.24, 2.45) is 7.05 Å². The molecule has 2 N–H and O–H groups in total. The maximum atomic E-state index is 13.0. The molecule has 0 spiro atoms. The summed E-state index contributed by atoms with van der Waals surface area (Å²) in [5.74, 6) is 0.707. The molecule has 0 amide bonds. The monoisotopic (exact) mass is 533 g/mol. The highest BCUT2D eigenvalue weighted by Crippen LogP contribution is 2.31. The molecule has 2 aromatic carbocycles. The standard InChI is InChI=1S/C27H31N7O3S/c1-18-6-5-7-19(2)26(18)24-14-25(31-27(30-24)32-38(35,36)23-15-28-34(4)17-23)37-22-10-8-20(9-11-22)29-21-12-13-33(3)16-21/h5-11,14-15,17,21,29H,12-13,16H2,1-4H3,(H,30,31,32). The molecule has 2 aromatic heterocycles. The van der Waals surface area contributed by atoms with E-state index in [-0.39, 0.29) is 16.7 Å². The van der Waals surface area contributed by atoms with Gasteiger partial charge in [0.05, 0.1) is 11.9 Å². The average Bonchev–Trinajstić information content (AvgIpc) is 3.48. The van der Waals surface area contributed by atoms with Crippen LogP contribution in [0.1, 0.15) is 17.5 Å². The first-order valence-electron chi connectivity index (χ1n) is 12.4. The quantitative estimate of drug-likeness (QED) is 0.346. The van der Waals surface area contributed by atoms with Gasteiger partial charge in [0.1, 0.15) is 10.6 Å². The molecular formula is C27H31N7O3S. The molecule has 5 rings (SSSR count). The maximum absolute atomic E-state index is 13.0. The smallest absolute Gasteiger partial charge is 0.267 e. The van der Waals surface area contributed by atoms with Gasteiger partial charge in [0, 0.05) is 43.1 Å². The average molecular weight is 534 g/mol. The summed E-state index contributed by atoms with van der Waals surface area (Å²) < 4.78 is 35.9. The molecule has 1 fully saturated rings. The number of likely N-dealkylation sites (N-methyl/N-ethyl adjacent to an activating group) is 1. The van der Waals surface area contributed by atoms with E-state index in [0.29, 0.717) is 17.5 Å². The lowest BCUT2D eigenvalue weighted by molar-refractivity contribution is 0.414. The van der Waals surface area contributed by atoms with E-state index in [1.807, 2.05) is 56.3 Å². The lowest BCUT2D eigenvalue weighted by atomic mass is 10.00. The third-order valence-electron chi connectivity index (χ3n) is 6.50. The number of hydrogen-bond acceptors (Lipinski definition) is 8. The van der Waals surface area contributed by atoms with Gasteiger partial charge in [0.2, 0.25) is 11.8 Å². The van der Waals surface area contributed by atoms with E-state index in [9.17, 15) is 8.42 Å². The first-order valence-corrected chi connectivity index (χ1v) is 13.8. The SMILES string of the molecule is Cc1cccc(C)c1-c1cc(Oc2ccc(NC3CCN(C)C3)cc2)nc(NS(=O)(=O)c2cnn(C)c2)n1. The number of nitrogens with zero attached hydrogens (tertiary/aromatic N) is 5. The Morgan fingerprint density at radius 2 is 1.76 bits per heavy atom. The first-order chi connectivity index (χ1) is 18.2. The summed E-state index contributed by atoms with van der Waals surface area (Å²) in [6, 6.07) is 15.7. The molecule has 38 heavy (non-hydrogen) atoms. The van der Waals surface area contributed by atoms with Gasteiger partial charge in [0.25, 0.3) is 10.0 Å². The molecule has 3 heterocycles. The number of benzene rings is 2. The largest absolute Gasteiger partial charge is 0.439 e. The fourth-order valence-electron chi connectivity index (χ4n) is 4.61. The highest BCUT2D eigenvalue weighted by atomic mass is 32.2. The summed E-state index contributed by atoms with van der Waals surface area (Å²) in [6.45, 7) is 6.07. The Labute approximate surface area is 222 Å². The zero-order valence-corrected chi connectivity index (χ0v) is 22.7. The Bertz CT molecular complexity index is 1530. The summed E-state index contributed by atoms with van der Waals surface area (Å²) in [6.07, 6.45) is 3.79. The molecule has 1 aliphatic heterocycles. The van der Waals surface area contributed by atoms with Crippen LogP contribution in [0.4, 0.5) is 11.6 Å². The van der Waals surface area contributed by atoms with E-state index in [0.717, 1.165) is 41.9 Å². The van der Waals surface area contributed by atoms with Gasteiger partial charge in [-0.3, -0.25) is 4.68 Å². The lowest BCUT2D eigenvalue weighted by Crippen LogP contribution is -2.23. The molecule has 198 valence electrons. The number of likely N-dealkylation sites (tertiary alicyclic amines) is 1. The molecule has 11 heteroatoms. The Kier molecular flexibility index (Phi) is 7.04. The zero-order valence-electron chi connectivity index (χ0n) is 21.8. The van der Waals surface area contributed by atoms with Crippen LogP contribution in [0.5, 0.6) is 11.6 Å². The van der Waals surface area contributed by atoms with Crippen LogP contribution in [0.25, 0.3) is 11.3 Å². The Morgan fingerprint density at radius 3 is 2.39 bits per heavy atom. The van der Waals surface area contributed by atoms with E-state index in [4.69, 9.17) is 4.74 Å².